The van der Waals surface area contributed by atoms with Gasteiger partial charge in [0, 0.05) is 38.3 Å². The van der Waals surface area contributed by atoms with Gasteiger partial charge < -0.3 is 15.1 Å². The van der Waals surface area contributed by atoms with E-state index in [1.54, 1.807) is 4.90 Å². The molecule has 142 valence electrons. The highest BCUT2D eigenvalue weighted by atomic mass is 16.2. The van der Waals surface area contributed by atoms with Crippen molar-refractivity contribution in [1.82, 2.24) is 9.80 Å². The zero-order valence-electron chi connectivity index (χ0n) is 15.9. The van der Waals surface area contributed by atoms with Gasteiger partial charge in [0.25, 0.3) is 0 Å². The van der Waals surface area contributed by atoms with Crippen molar-refractivity contribution in [3.63, 3.8) is 0 Å². The van der Waals surface area contributed by atoms with Crippen LogP contribution in [0.3, 0.4) is 0 Å². The SMILES string of the molecule is Cc1ccc(CCC(=O)N2CCCN(C(=O)Nc3ccccc3)CC2)cc1. The summed E-state index contributed by atoms with van der Waals surface area (Å²) in [6, 6.07) is 17.7. The molecule has 0 unspecified atom stereocenters. The van der Waals surface area contributed by atoms with Crippen LogP contribution in [0.15, 0.2) is 54.6 Å². The number of carbonyl (C=O) groups excluding carboxylic acids is 2. The maximum absolute atomic E-state index is 12.6. The number of nitrogens with zero attached hydrogens (tertiary/aromatic N) is 2. The number of urea groups is 1. The number of hydrogen-bond donors (Lipinski definition) is 1. The lowest BCUT2D eigenvalue weighted by Gasteiger charge is -2.22. The zero-order chi connectivity index (χ0) is 19.1. The van der Waals surface area contributed by atoms with Crippen LogP contribution in [0.4, 0.5) is 10.5 Å². The fourth-order valence-corrected chi connectivity index (χ4v) is 3.26. The van der Waals surface area contributed by atoms with Crippen LogP contribution in [-0.2, 0) is 11.2 Å². The molecule has 1 heterocycles. The van der Waals surface area contributed by atoms with Gasteiger partial charge in [-0.15, -0.1) is 0 Å². The third kappa shape index (κ3) is 5.58. The Kier molecular flexibility index (Phi) is 6.47. The van der Waals surface area contributed by atoms with Gasteiger partial charge in [-0.3, -0.25) is 4.79 Å². The second kappa shape index (κ2) is 9.21. The van der Waals surface area contributed by atoms with Crippen LogP contribution in [-0.4, -0.2) is 47.9 Å². The van der Waals surface area contributed by atoms with Crippen molar-refractivity contribution in [2.75, 3.05) is 31.5 Å². The molecule has 0 radical (unpaired) electrons. The van der Waals surface area contributed by atoms with E-state index in [-0.39, 0.29) is 11.9 Å². The van der Waals surface area contributed by atoms with Gasteiger partial charge in [0.15, 0.2) is 0 Å². The van der Waals surface area contributed by atoms with Gasteiger partial charge in [0.1, 0.15) is 0 Å². The molecule has 1 N–H and O–H groups in total. The third-order valence-corrected chi connectivity index (χ3v) is 4.91. The molecule has 0 aliphatic carbocycles. The Morgan fingerprint density at radius 2 is 1.56 bits per heavy atom. The largest absolute Gasteiger partial charge is 0.341 e. The fraction of sp³-hybridized carbons (Fsp3) is 0.364. The number of nitrogens with one attached hydrogen (secondary N) is 1. The van der Waals surface area contributed by atoms with E-state index in [1.807, 2.05) is 35.2 Å². The highest BCUT2D eigenvalue weighted by Crippen LogP contribution is 2.11. The van der Waals surface area contributed by atoms with Crippen LogP contribution in [0.1, 0.15) is 24.0 Å². The van der Waals surface area contributed by atoms with E-state index in [4.69, 9.17) is 0 Å². The molecule has 0 saturated carbocycles. The van der Waals surface area contributed by atoms with E-state index < -0.39 is 0 Å². The molecule has 3 rings (SSSR count). The predicted molar refractivity (Wildman–Crippen MR) is 108 cm³/mol. The first kappa shape index (κ1) is 19.0. The molecular formula is C22H27N3O2. The van der Waals surface area contributed by atoms with Crippen molar-refractivity contribution >= 4 is 17.6 Å². The van der Waals surface area contributed by atoms with E-state index in [0.717, 1.165) is 18.5 Å². The molecule has 5 heteroatoms. The topological polar surface area (TPSA) is 52.7 Å². The number of benzene rings is 2. The first-order chi connectivity index (χ1) is 13.1. The Morgan fingerprint density at radius 1 is 0.889 bits per heavy atom. The first-order valence-electron chi connectivity index (χ1n) is 9.56. The number of anilines is 1. The van der Waals surface area contributed by atoms with Gasteiger partial charge in [0.2, 0.25) is 5.91 Å². The summed E-state index contributed by atoms with van der Waals surface area (Å²) >= 11 is 0. The molecule has 3 amide bonds. The second-order valence-corrected chi connectivity index (χ2v) is 7.00. The Hall–Kier alpha value is -2.82. The van der Waals surface area contributed by atoms with E-state index in [1.165, 1.54) is 11.1 Å². The van der Waals surface area contributed by atoms with Gasteiger partial charge >= 0.3 is 6.03 Å². The van der Waals surface area contributed by atoms with Crippen LogP contribution >= 0.6 is 0 Å². The standard InChI is InChI=1S/C22H27N3O2/c1-18-8-10-19(11-9-18)12-13-21(26)24-14-5-15-25(17-16-24)22(27)23-20-6-3-2-4-7-20/h2-4,6-11H,5,12-17H2,1H3,(H,23,27). The van der Waals surface area contributed by atoms with Gasteiger partial charge in [-0.05, 0) is 37.5 Å². The number of para-hydroxylation sites is 1. The van der Waals surface area contributed by atoms with E-state index in [9.17, 15) is 9.59 Å². The molecule has 1 saturated heterocycles. The number of carbonyl (C=O) groups is 2. The van der Waals surface area contributed by atoms with Crippen molar-refractivity contribution in [3.8, 4) is 0 Å². The second-order valence-electron chi connectivity index (χ2n) is 7.00. The minimum Gasteiger partial charge on any atom is -0.341 e. The van der Waals surface area contributed by atoms with Crippen LogP contribution < -0.4 is 5.32 Å². The van der Waals surface area contributed by atoms with Gasteiger partial charge in [-0.25, -0.2) is 4.79 Å². The summed E-state index contributed by atoms with van der Waals surface area (Å²) in [5.74, 6) is 0.167. The minimum absolute atomic E-state index is 0.102. The lowest BCUT2D eigenvalue weighted by Crippen LogP contribution is -2.39. The molecule has 1 aliphatic rings. The van der Waals surface area contributed by atoms with Crippen molar-refractivity contribution in [1.29, 1.82) is 0 Å². The summed E-state index contributed by atoms with van der Waals surface area (Å²) in [4.78, 5) is 28.7. The van der Waals surface area contributed by atoms with Crippen LogP contribution in [0.2, 0.25) is 0 Å². The van der Waals surface area contributed by atoms with Gasteiger partial charge in [0.05, 0.1) is 0 Å². The highest BCUT2D eigenvalue weighted by molar-refractivity contribution is 5.89. The number of rotatable bonds is 4. The maximum Gasteiger partial charge on any atom is 0.321 e. The summed E-state index contributed by atoms with van der Waals surface area (Å²) in [5, 5.41) is 2.92. The molecule has 27 heavy (non-hydrogen) atoms. The molecule has 1 fully saturated rings. The smallest absolute Gasteiger partial charge is 0.321 e. The molecule has 0 spiro atoms. The monoisotopic (exact) mass is 365 g/mol. The van der Waals surface area contributed by atoms with Crippen LogP contribution in [0, 0.1) is 6.92 Å². The summed E-state index contributed by atoms with van der Waals surface area (Å²) < 4.78 is 0. The molecular weight excluding hydrogens is 338 g/mol. The van der Waals surface area contributed by atoms with E-state index in [0.29, 0.717) is 32.6 Å². The normalized spacial score (nSPS) is 14.6. The van der Waals surface area contributed by atoms with Crippen LogP contribution in [0.5, 0.6) is 0 Å². The Labute approximate surface area is 161 Å². The molecule has 1 aliphatic heterocycles. The quantitative estimate of drug-likeness (QED) is 0.898. The molecule has 2 aromatic carbocycles. The van der Waals surface area contributed by atoms with Crippen LogP contribution in [0.25, 0.3) is 0 Å². The molecule has 0 aromatic heterocycles. The minimum atomic E-state index is -0.102. The highest BCUT2D eigenvalue weighted by Gasteiger charge is 2.21. The average molecular weight is 365 g/mol. The van der Waals surface area contributed by atoms with E-state index >= 15 is 0 Å². The Balaban J connectivity index is 1.47. The number of hydrogen-bond acceptors (Lipinski definition) is 2. The van der Waals surface area contributed by atoms with Crippen molar-refractivity contribution in [2.24, 2.45) is 0 Å². The molecule has 2 aromatic rings. The molecule has 0 atom stereocenters. The fourth-order valence-electron chi connectivity index (χ4n) is 3.26. The lowest BCUT2D eigenvalue weighted by atomic mass is 10.1. The molecule has 5 nitrogen and oxygen atoms in total. The van der Waals surface area contributed by atoms with E-state index in [2.05, 4.69) is 36.5 Å². The Bertz CT molecular complexity index is 759. The lowest BCUT2D eigenvalue weighted by molar-refractivity contribution is -0.131. The summed E-state index contributed by atoms with van der Waals surface area (Å²) in [6.45, 7) is 4.60. The maximum atomic E-state index is 12.6. The van der Waals surface area contributed by atoms with Crippen molar-refractivity contribution in [2.45, 2.75) is 26.2 Å². The zero-order valence-corrected chi connectivity index (χ0v) is 15.9. The summed E-state index contributed by atoms with van der Waals surface area (Å²) in [7, 11) is 0. The number of amides is 3. The predicted octanol–water partition coefficient (Wildman–Crippen LogP) is 3.69. The van der Waals surface area contributed by atoms with Gasteiger partial charge in [-0.1, -0.05) is 48.0 Å². The van der Waals surface area contributed by atoms with Crippen molar-refractivity contribution in [3.05, 3.63) is 65.7 Å². The summed E-state index contributed by atoms with van der Waals surface area (Å²) in [6.07, 6.45) is 2.07. The van der Waals surface area contributed by atoms with Crippen molar-refractivity contribution < 1.29 is 9.59 Å². The average Bonchev–Trinajstić information content (AvgIpc) is 2.94. The number of aryl methyl sites for hydroxylation is 2. The first-order valence-corrected chi connectivity index (χ1v) is 9.56. The van der Waals surface area contributed by atoms with Gasteiger partial charge in [-0.2, -0.15) is 0 Å². The Morgan fingerprint density at radius 3 is 2.30 bits per heavy atom. The molecule has 0 bridgehead atoms. The summed E-state index contributed by atoms with van der Waals surface area (Å²) in [5.41, 5.74) is 3.21. The third-order valence-electron chi connectivity index (χ3n) is 4.91.